The summed E-state index contributed by atoms with van der Waals surface area (Å²) in [6.07, 6.45) is 8.26. The number of rotatable bonds is 2. The van der Waals surface area contributed by atoms with E-state index in [9.17, 15) is 4.79 Å². The molecule has 0 spiro atoms. The molecule has 90 valence electrons. The van der Waals surface area contributed by atoms with E-state index in [2.05, 4.69) is 15.1 Å². The molecule has 0 bridgehead atoms. The molecule has 2 aromatic rings. The summed E-state index contributed by atoms with van der Waals surface area (Å²) < 4.78 is 1.94. The molecule has 1 saturated carbocycles. The third-order valence-corrected chi connectivity index (χ3v) is 3.88. The topological polar surface area (TPSA) is 63.6 Å². The van der Waals surface area contributed by atoms with Gasteiger partial charge in [-0.3, -0.25) is 14.6 Å². The maximum atomic E-state index is 11.8. The summed E-state index contributed by atoms with van der Waals surface area (Å²) >= 11 is 1.49. The molecule has 1 aliphatic carbocycles. The molecule has 6 heteroatoms. The first-order valence-electron chi connectivity index (χ1n) is 5.81. The highest BCUT2D eigenvalue weighted by Gasteiger charge is 2.21. The van der Waals surface area contributed by atoms with Crippen LogP contribution in [-0.4, -0.2) is 26.0 Å². The Morgan fingerprint density at radius 3 is 2.94 bits per heavy atom. The Balaban J connectivity index is 2.19. The molecule has 0 saturated heterocycles. The van der Waals surface area contributed by atoms with Gasteiger partial charge in [0.2, 0.25) is 0 Å². The maximum absolute atomic E-state index is 11.8. The van der Waals surface area contributed by atoms with Gasteiger partial charge in [0.15, 0.2) is 10.8 Å². The van der Waals surface area contributed by atoms with E-state index in [1.54, 1.807) is 6.20 Å². The highest BCUT2D eigenvalue weighted by Crippen LogP contribution is 2.30. The van der Waals surface area contributed by atoms with Crippen molar-refractivity contribution in [1.82, 2.24) is 19.7 Å². The Morgan fingerprint density at radius 2 is 2.24 bits per heavy atom. The van der Waals surface area contributed by atoms with E-state index in [0.717, 1.165) is 18.5 Å². The number of H-pyrrole nitrogens is 1. The minimum Gasteiger partial charge on any atom is -0.267 e. The molecule has 5 nitrogen and oxygen atoms in total. The highest BCUT2D eigenvalue weighted by atomic mass is 32.2. The molecule has 0 unspecified atom stereocenters. The lowest BCUT2D eigenvalue weighted by molar-refractivity contribution is 0.474. The molecule has 0 aromatic carbocycles. The second-order valence-electron chi connectivity index (χ2n) is 4.34. The molecule has 1 N–H and O–H groups in total. The summed E-state index contributed by atoms with van der Waals surface area (Å²) in [5, 5.41) is 4.20. The standard InChI is InChI=1S/C11H14N4OS/c1-17-11-12-6-8-9(13-11)15(14-10(8)16)7-4-2-3-5-7/h6-7H,2-5H2,1H3,(H,14,16). The van der Waals surface area contributed by atoms with E-state index in [1.807, 2.05) is 10.9 Å². The first kappa shape index (κ1) is 10.8. The van der Waals surface area contributed by atoms with Gasteiger partial charge in [0, 0.05) is 6.20 Å². The summed E-state index contributed by atoms with van der Waals surface area (Å²) in [6.45, 7) is 0. The van der Waals surface area contributed by atoms with Gasteiger partial charge in [0.05, 0.1) is 6.04 Å². The quantitative estimate of drug-likeness (QED) is 0.653. The fourth-order valence-corrected chi connectivity index (χ4v) is 2.78. The fourth-order valence-electron chi connectivity index (χ4n) is 2.45. The summed E-state index contributed by atoms with van der Waals surface area (Å²) in [7, 11) is 0. The zero-order valence-corrected chi connectivity index (χ0v) is 10.5. The number of fused-ring (bicyclic) bond motifs is 1. The third kappa shape index (κ3) is 1.76. The van der Waals surface area contributed by atoms with Crippen molar-refractivity contribution >= 4 is 22.8 Å². The van der Waals surface area contributed by atoms with Crippen molar-refractivity contribution in [3.05, 3.63) is 16.6 Å². The Labute approximate surface area is 103 Å². The summed E-state index contributed by atoms with van der Waals surface area (Å²) in [6, 6.07) is 0.393. The van der Waals surface area contributed by atoms with Crippen LogP contribution in [0.2, 0.25) is 0 Å². The van der Waals surface area contributed by atoms with E-state index >= 15 is 0 Å². The average Bonchev–Trinajstić information content (AvgIpc) is 2.97. The number of aromatic amines is 1. The van der Waals surface area contributed by atoms with E-state index in [1.165, 1.54) is 24.6 Å². The highest BCUT2D eigenvalue weighted by molar-refractivity contribution is 7.98. The Kier molecular flexibility index (Phi) is 2.66. The number of hydrogen-bond acceptors (Lipinski definition) is 4. The Morgan fingerprint density at radius 1 is 1.47 bits per heavy atom. The number of aromatic nitrogens is 4. The van der Waals surface area contributed by atoms with Crippen LogP contribution in [0.3, 0.4) is 0 Å². The van der Waals surface area contributed by atoms with Crippen molar-refractivity contribution in [2.24, 2.45) is 0 Å². The lowest BCUT2D eigenvalue weighted by Crippen LogP contribution is -2.10. The SMILES string of the molecule is CSc1ncc2c(=O)[nH]n(C3CCCC3)c2n1. The molecular formula is C11H14N4OS. The van der Waals surface area contributed by atoms with Crippen molar-refractivity contribution in [2.45, 2.75) is 36.9 Å². The Bertz CT molecular complexity index is 597. The zero-order chi connectivity index (χ0) is 11.8. The second kappa shape index (κ2) is 4.18. The Hall–Kier alpha value is -1.30. The predicted molar refractivity (Wildman–Crippen MR) is 67.4 cm³/mol. The summed E-state index contributed by atoms with van der Waals surface area (Å²) in [5.74, 6) is 0. The van der Waals surface area contributed by atoms with Crippen LogP contribution in [0, 0.1) is 0 Å². The van der Waals surface area contributed by atoms with Crippen molar-refractivity contribution in [2.75, 3.05) is 6.26 Å². The van der Waals surface area contributed by atoms with E-state index in [-0.39, 0.29) is 5.56 Å². The molecule has 0 aliphatic heterocycles. The van der Waals surface area contributed by atoms with Crippen LogP contribution in [0.1, 0.15) is 31.7 Å². The molecular weight excluding hydrogens is 236 g/mol. The summed E-state index contributed by atoms with van der Waals surface area (Å²) in [4.78, 5) is 20.4. The van der Waals surface area contributed by atoms with Gasteiger partial charge in [-0.05, 0) is 19.1 Å². The monoisotopic (exact) mass is 250 g/mol. The smallest absolute Gasteiger partial charge is 0.267 e. The number of thioether (sulfide) groups is 1. The van der Waals surface area contributed by atoms with Crippen LogP contribution in [0.15, 0.2) is 16.1 Å². The van der Waals surface area contributed by atoms with Gasteiger partial charge in [-0.25, -0.2) is 9.97 Å². The van der Waals surface area contributed by atoms with E-state index in [4.69, 9.17) is 0 Å². The second-order valence-corrected chi connectivity index (χ2v) is 5.12. The van der Waals surface area contributed by atoms with Gasteiger partial charge < -0.3 is 0 Å². The minimum atomic E-state index is -0.0837. The number of hydrogen-bond donors (Lipinski definition) is 1. The third-order valence-electron chi connectivity index (χ3n) is 3.31. The van der Waals surface area contributed by atoms with Gasteiger partial charge in [0.1, 0.15) is 5.39 Å². The average molecular weight is 250 g/mol. The van der Waals surface area contributed by atoms with E-state index in [0.29, 0.717) is 16.6 Å². The van der Waals surface area contributed by atoms with Crippen LogP contribution in [0.25, 0.3) is 11.0 Å². The van der Waals surface area contributed by atoms with Crippen LogP contribution in [0.5, 0.6) is 0 Å². The predicted octanol–water partition coefficient (Wildman–Crippen LogP) is 1.96. The van der Waals surface area contributed by atoms with E-state index < -0.39 is 0 Å². The van der Waals surface area contributed by atoms with Crippen molar-refractivity contribution < 1.29 is 0 Å². The molecule has 1 fully saturated rings. The van der Waals surface area contributed by atoms with Gasteiger partial charge >= 0.3 is 0 Å². The van der Waals surface area contributed by atoms with Gasteiger partial charge in [-0.1, -0.05) is 24.6 Å². The normalized spacial score (nSPS) is 17.0. The molecule has 0 atom stereocenters. The molecule has 0 radical (unpaired) electrons. The van der Waals surface area contributed by atoms with Crippen molar-refractivity contribution in [3.63, 3.8) is 0 Å². The fraction of sp³-hybridized carbons (Fsp3) is 0.545. The maximum Gasteiger partial charge on any atom is 0.275 e. The molecule has 3 rings (SSSR count). The van der Waals surface area contributed by atoms with Crippen LogP contribution < -0.4 is 5.56 Å². The van der Waals surface area contributed by atoms with Gasteiger partial charge in [-0.15, -0.1) is 0 Å². The van der Waals surface area contributed by atoms with Crippen LogP contribution in [0.4, 0.5) is 0 Å². The molecule has 17 heavy (non-hydrogen) atoms. The van der Waals surface area contributed by atoms with Crippen LogP contribution in [-0.2, 0) is 0 Å². The van der Waals surface area contributed by atoms with Gasteiger partial charge in [-0.2, -0.15) is 0 Å². The zero-order valence-electron chi connectivity index (χ0n) is 9.64. The first-order valence-corrected chi connectivity index (χ1v) is 7.03. The lowest BCUT2D eigenvalue weighted by atomic mass is 10.2. The number of nitrogens with one attached hydrogen (secondary N) is 1. The molecule has 0 amide bonds. The van der Waals surface area contributed by atoms with Crippen molar-refractivity contribution in [1.29, 1.82) is 0 Å². The minimum absolute atomic E-state index is 0.0837. The number of nitrogens with zero attached hydrogens (tertiary/aromatic N) is 3. The van der Waals surface area contributed by atoms with Crippen molar-refractivity contribution in [3.8, 4) is 0 Å². The largest absolute Gasteiger partial charge is 0.275 e. The van der Waals surface area contributed by atoms with Gasteiger partial charge in [0.25, 0.3) is 5.56 Å². The molecule has 1 aliphatic rings. The van der Waals surface area contributed by atoms with Crippen LogP contribution >= 0.6 is 11.8 Å². The first-order chi connectivity index (χ1) is 8.29. The molecule has 2 aromatic heterocycles. The summed E-state index contributed by atoms with van der Waals surface area (Å²) in [5.41, 5.74) is 0.667. The lowest BCUT2D eigenvalue weighted by Gasteiger charge is -2.11. The molecule has 2 heterocycles.